The smallest absolute Gasteiger partial charge is 0.350 e. The van der Waals surface area contributed by atoms with Crippen LogP contribution in [0.15, 0.2) is 30.0 Å². The lowest BCUT2D eigenvalue weighted by atomic mass is 10.2. The minimum absolute atomic E-state index is 0.0863. The van der Waals surface area contributed by atoms with E-state index in [4.69, 9.17) is 19.5 Å². The van der Waals surface area contributed by atoms with Crippen LogP contribution in [0, 0.1) is 11.3 Å². The van der Waals surface area contributed by atoms with Crippen molar-refractivity contribution < 1.29 is 19.0 Å². The number of esters is 1. The SMILES string of the molecule is CCOC(=O)/C(C#N)=C/Nc1ccc2c(c1)OC1(CCCC1)O2. The highest BCUT2D eigenvalue weighted by Crippen LogP contribution is 2.47. The fourth-order valence-corrected chi connectivity index (χ4v) is 2.80. The first-order chi connectivity index (χ1) is 11.2. The fourth-order valence-electron chi connectivity index (χ4n) is 2.80. The Hall–Kier alpha value is -2.68. The van der Waals surface area contributed by atoms with E-state index < -0.39 is 11.8 Å². The van der Waals surface area contributed by atoms with Gasteiger partial charge in [-0.3, -0.25) is 0 Å². The van der Waals surface area contributed by atoms with Gasteiger partial charge in [0, 0.05) is 30.8 Å². The summed E-state index contributed by atoms with van der Waals surface area (Å²) in [6.45, 7) is 1.92. The maximum Gasteiger partial charge on any atom is 0.350 e. The van der Waals surface area contributed by atoms with Gasteiger partial charge in [0.15, 0.2) is 17.1 Å². The minimum Gasteiger partial charge on any atom is -0.462 e. The molecule has 1 aromatic rings. The molecule has 0 atom stereocenters. The summed E-state index contributed by atoms with van der Waals surface area (Å²) < 4.78 is 16.7. The zero-order valence-electron chi connectivity index (χ0n) is 12.9. The van der Waals surface area contributed by atoms with Crippen LogP contribution in [-0.2, 0) is 9.53 Å². The largest absolute Gasteiger partial charge is 0.462 e. The fraction of sp³-hybridized carbons (Fsp3) is 0.412. The van der Waals surface area contributed by atoms with Crippen LogP contribution in [0.3, 0.4) is 0 Å². The summed E-state index contributed by atoms with van der Waals surface area (Å²) in [5.41, 5.74) is 0.622. The topological polar surface area (TPSA) is 80.6 Å². The molecule has 0 unspecified atom stereocenters. The highest BCUT2D eigenvalue weighted by molar-refractivity contribution is 5.93. The van der Waals surface area contributed by atoms with Crippen molar-refractivity contribution in [1.82, 2.24) is 0 Å². The molecule has 1 aliphatic carbocycles. The molecule has 3 rings (SSSR count). The second-order valence-electron chi connectivity index (χ2n) is 5.52. The number of rotatable bonds is 4. The van der Waals surface area contributed by atoms with Crippen molar-refractivity contribution in [3.05, 3.63) is 30.0 Å². The molecule has 0 radical (unpaired) electrons. The Morgan fingerprint density at radius 1 is 1.39 bits per heavy atom. The molecule has 6 heteroatoms. The van der Waals surface area contributed by atoms with Gasteiger partial charge < -0.3 is 19.5 Å². The van der Waals surface area contributed by atoms with Crippen molar-refractivity contribution in [3.8, 4) is 17.6 Å². The van der Waals surface area contributed by atoms with Crippen LogP contribution in [0.2, 0.25) is 0 Å². The lowest BCUT2D eigenvalue weighted by Gasteiger charge is -2.21. The predicted molar refractivity (Wildman–Crippen MR) is 82.8 cm³/mol. The Morgan fingerprint density at radius 3 is 2.83 bits per heavy atom. The van der Waals surface area contributed by atoms with E-state index in [0.717, 1.165) is 31.4 Å². The third kappa shape index (κ3) is 3.09. The molecule has 6 nitrogen and oxygen atoms in total. The van der Waals surface area contributed by atoms with Gasteiger partial charge in [0.25, 0.3) is 5.79 Å². The molecule has 1 aliphatic heterocycles. The van der Waals surface area contributed by atoms with Gasteiger partial charge in [0.05, 0.1) is 6.61 Å². The molecule has 1 saturated carbocycles. The third-order valence-corrected chi connectivity index (χ3v) is 3.90. The average Bonchev–Trinajstić information content (AvgIpc) is 3.14. The van der Waals surface area contributed by atoms with E-state index in [-0.39, 0.29) is 12.2 Å². The third-order valence-electron chi connectivity index (χ3n) is 3.90. The van der Waals surface area contributed by atoms with Crippen LogP contribution in [0.5, 0.6) is 11.5 Å². The second kappa shape index (κ2) is 6.21. The highest BCUT2D eigenvalue weighted by atomic mass is 16.7. The number of hydrogen-bond donors (Lipinski definition) is 1. The van der Waals surface area contributed by atoms with Gasteiger partial charge in [-0.15, -0.1) is 0 Å². The first-order valence-corrected chi connectivity index (χ1v) is 7.72. The number of nitrogens with zero attached hydrogens (tertiary/aromatic N) is 1. The summed E-state index contributed by atoms with van der Waals surface area (Å²) in [5.74, 6) is 0.264. The van der Waals surface area contributed by atoms with Crippen LogP contribution in [0.4, 0.5) is 5.69 Å². The molecule has 120 valence electrons. The number of carbonyl (C=O) groups excluding carboxylic acids is 1. The summed E-state index contributed by atoms with van der Waals surface area (Å²) >= 11 is 0. The van der Waals surface area contributed by atoms with Crippen molar-refractivity contribution in [2.75, 3.05) is 11.9 Å². The molecule has 0 aromatic heterocycles. The number of carbonyl (C=O) groups is 1. The highest BCUT2D eigenvalue weighted by Gasteiger charge is 2.43. The van der Waals surface area contributed by atoms with Crippen LogP contribution >= 0.6 is 0 Å². The van der Waals surface area contributed by atoms with Crippen LogP contribution < -0.4 is 14.8 Å². The number of anilines is 1. The molecule has 1 heterocycles. The van der Waals surface area contributed by atoms with Gasteiger partial charge in [0.1, 0.15) is 6.07 Å². The average molecular weight is 314 g/mol. The molecule has 0 amide bonds. The maximum atomic E-state index is 11.6. The van der Waals surface area contributed by atoms with Crippen LogP contribution in [0.25, 0.3) is 0 Å². The molecular weight excluding hydrogens is 296 g/mol. The van der Waals surface area contributed by atoms with E-state index in [9.17, 15) is 4.79 Å². The Bertz CT molecular complexity index is 684. The van der Waals surface area contributed by atoms with Gasteiger partial charge in [-0.25, -0.2) is 4.79 Å². The van der Waals surface area contributed by atoms with Gasteiger partial charge in [-0.2, -0.15) is 5.26 Å². The van der Waals surface area contributed by atoms with E-state index >= 15 is 0 Å². The summed E-state index contributed by atoms with van der Waals surface area (Å²) in [5, 5.41) is 11.9. The first-order valence-electron chi connectivity index (χ1n) is 7.72. The number of nitriles is 1. The van der Waals surface area contributed by atoms with Crippen molar-refractivity contribution in [2.24, 2.45) is 0 Å². The van der Waals surface area contributed by atoms with Crippen LogP contribution in [0.1, 0.15) is 32.6 Å². The predicted octanol–water partition coefficient (Wildman–Crippen LogP) is 3.11. The van der Waals surface area contributed by atoms with Crippen LogP contribution in [-0.4, -0.2) is 18.4 Å². The molecule has 1 aromatic carbocycles. The molecule has 0 bridgehead atoms. The van der Waals surface area contributed by atoms with Gasteiger partial charge >= 0.3 is 5.97 Å². The standard InChI is InChI=1S/C17H18N2O4/c1-2-21-16(20)12(10-18)11-19-13-5-6-14-15(9-13)23-17(22-14)7-3-4-8-17/h5-6,9,11,19H,2-4,7-8H2,1H3/b12-11+. The van der Waals surface area contributed by atoms with E-state index in [1.807, 2.05) is 18.2 Å². The van der Waals surface area contributed by atoms with Crippen molar-refractivity contribution >= 4 is 11.7 Å². The normalized spacial score (nSPS) is 17.8. The van der Waals surface area contributed by atoms with E-state index in [0.29, 0.717) is 11.4 Å². The first kappa shape index (κ1) is 15.2. The zero-order chi connectivity index (χ0) is 16.3. The Morgan fingerprint density at radius 2 is 2.13 bits per heavy atom. The number of hydrogen-bond acceptors (Lipinski definition) is 6. The monoisotopic (exact) mass is 314 g/mol. The van der Waals surface area contributed by atoms with E-state index in [2.05, 4.69) is 5.32 Å². The summed E-state index contributed by atoms with van der Waals surface area (Å²) in [7, 11) is 0. The molecule has 0 saturated heterocycles. The molecule has 1 fully saturated rings. The van der Waals surface area contributed by atoms with Gasteiger partial charge in [-0.05, 0) is 31.9 Å². The van der Waals surface area contributed by atoms with Crippen molar-refractivity contribution in [2.45, 2.75) is 38.4 Å². The number of benzene rings is 1. The molecular formula is C17H18N2O4. The van der Waals surface area contributed by atoms with E-state index in [1.54, 1.807) is 13.0 Å². The Labute approximate surface area is 134 Å². The lowest BCUT2D eigenvalue weighted by molar-refractivity contribution is -0.138. The van der Waals surface area contributed by atoms with Crippen molar-refractivity contribution in [1.29, 1.82) is 5.26 Å². The van der Waals surface area contributed by atoms with Crippen molar-refractivity contribution in [3.63, 3.8) is 0 Å². The molecule has 1 spiro atoms. The minimum atomic E-state index is -0.645. The lowest BCUT2D eigenvalue weighted by Crippen LogP contribution is -2.34. The molecule has 2 aliphatic rings. The Balaban J connectivity index is 1.72. The summed E-state index contributed by atoms with van der Waals surface area (Å²) in [6, 6.07) is 7.26. The summed E-state index contributed by atoms with van der Waals surface area (Å²) in [6.07, 6.45) is 5.33. The Kier molecular flexibility index (Phi) is 4.11. The van der Waals surface area contributed by atoms with Gasteiger partial charge in [0.2, 0.25) is 0 Å². The quantitative estimate of drug-likeness (QED) is 0.522. The second-order valence-corrected chi connectivity index (χ2v) is 5.52. The molecule has 1 N–H and O–H groups in total. The van der Waals surface area contributed by atoms with Gasteiger partial charge in [-0.1, -0.05) is 0 Å². The summed E-state index contributed by atoms with van der Waals surface area (Å²) in [4.78, 5) is 11.6. The maximum absolute atomic E-state index is 11.6. The van der Waals surface area contributed by atoms with E-state index in [1.165, 1.54) is 6.20 Å². The number of ether oxygens (including phenoxy) is 3. The molecule has 23 heavy (non-hydrogen) atoms. The number of nitrogens with one attached hydrogen (secondary N) is 1. The number of fused-ring (bicyclic) bond motifs is 1. The zero-order valence-corrected chi connectivity index (χ0v) is 12.9.